The third-order valence-corrected chi connectivity index (χ3v) is 5.18. The Hall–Kier alpha value is -1.06. The van der Waals surface area contributed by atoms with Gasteiger partial charge in [0.2, 0.25) is 0 Å². The number of aromatic nitrogens is 2. The summed E-state index contributed by atoms with van der Waals surface area (Å²) in [7, 11) is 0. The van der Waals surface area contributed by atoms with Gasteiger partial charge in [0.15, 0.2) is 0 Å². The van der Waals surface area contributed by atoms with Crippen molar-refractivity contribution < 1.29 is 0 Å². The predicted molar refractivity (Wildman–Crippen MR) is 82.2 cm³/mol. The van der Waals surface area contributed by atoms with E-state index in [-0.39, 0.29) is 0 Å². The van der Waals surface area contributed by atoms with Crippen LogP contribution in [0.2, 0.25) is 0 Å². The number of rotatable bonds is 2. The molecule has 2 aromatic rings. The molecule has 1 fully saturated rings. The summed E-state index contributed by atoms with van der Waals surface area (Å²) >= 11 is 5.92. The van der Waals surface area contributed by atoms with Crippen LogP contribution in [0.15, 0.2) is 18.2 Å². The van der Waals surface area contributed by atoms with E-state index in [1.165, 1.54) is 37.1 Å². The lowest BCUT2D eigenvalue weighted by atomic mass is 9.91. The van der Waals surface area contributed by atoms with E-state index in [1.54, 1.807) is 0 Å². The van der Waals surface area contributed by atoms with E-state index < -0.39 is 0 Å². The van der Waals surface area contributed by atoms with Crippen molar-refractivity contribution in [3.8, 4) is 0 Å². The van der Waals surface area contributed by atoms with Gasteiger partial charge in [0, 0.05) is 38.0 Å². The van der Waals surface area contributed by atoms with Crippen LogP contribution in [0.1, 0.15) is 30.7 Å². The van der Waals surface area contributed by atoms with Crippen molar-refractivity contribution in [2.45, 2.75) is 44.1 Å². The molecule has 0 unspecified atom stereocenters. The Balaban J connectivity index is 1.64. The van der Waals surface area contributed by atoms with Crippen LogP contribution in [0.5, 0.6) is 0 Å². The van der Waals surface area contributed by atoms with E-state index in [9.17, 15) is 0 Å². The monoisotopic (exact) mass is 289 g/mol. The molecule has 1 saturated carbocycles. The summed E-state index contributed by atoms with van der Waals surface area (Å²) in [6.07, 6.45) is 5.27. The summed E-state index contributed by atoms with van der Waals surface area (Å²) in [5, 5.41) is 0. The number of imidazole rings is 1. The molecule has 0 spiro atoms. The van der Waals surface area contributed by atoms with Gasteiger partial charge in [-0.1, -0.05) is 12.5 Å². The highest BCUT2D eigenvalue weighted by Crippen LogP contribution is 2.27. The quantitative estimate of drug-likeness (QED) is 0.792. The van der Waals surface area contributed by atoms with E-state index in [1.807, 2.05) is 0 Å². The van der Waals surface area contributed by atoms with Crippen molar-refractivity contribution in [3.05, 3.63) is 29.6 Å². The molecule has 0 atom stereocenters. The lowest BCUT2D eigenvalue weighted by Gasteiger charge is -2.36. The fourth-order valence-electron chi connectivity index (χ4n) is 3.45. The molecule has 106 valence electrons. The molecule has 1 aliphatic carbocycles. The van der Waals surface area contributed by atoms with Gasteiger partial charge in [-0.25, -0.2) is 4.98 Å². The Kier molecular flexibility index (Phi) is 3.20. The van der Waals surface area contributed by atoms with Crippen molar-refractivity contribution in [2.24, 2.45) is 0 Å². The maximum Gasteiger partial charge on any atom is 0.111 e. The molecule has 0 bridgehead atoms. The maximum atomic E-state index is 5.92. The highest BCUT2D eigenvalue weighted by molar-refractivity contribution is 6.17. The number of nitrogens with zero attached hydrogens (tertiary/aromatic N) is 3. The second-order valence-electron chi connectivity index (χ2n) is 6.01. The Labute approximate surface area is 124 Å². The number of hydrogen-bond acceptors (Lipinski definition) is 2. The SMILES string of the molecule is ClCc1ccc2c(c1)nc1n2CCN(C2CCC2)CC1. The number of alkyl halides is 1. The lowest BCUT2D eigenvalue weighted by molar-refractivity contribution is 0.130. The molecule has 1 aliphatic heterocycles. The molecule has 3 nitrogen and oxygen atoms in total. The molecule has 4 heteroatoms. The Bertz CT molecular complexity index is 630. The first kappa shape index (κ1) is 12.7. The smallest absolute Gasteiger partial charge is 0.111 e. The molecule has 2 aliphatic rings. The van der Waals surface area contributed by atoms with Crippen LogP contribution in [0, 0.1) is 0 Å². The number of halogens is 1. The molecule has 20 heavy (non-hydrogen) atoms. The third kappa shape index (κ3) is 2.04. The van der Waals surface area contributed by atoms with Gasteiger partial charge in [-0.3, -0.25) is 4.90 Å². The van der Waals surface area contributed by atoms with Crippen LogP contribution < -0.4 is 0 Å². The van der Waals surface area contributed by atoms with Crippen LogP contribution in [0.25, 0.3) is 11.0 Å². The minimum Gasteiger partial charge on any atom is -0.327 e. The third-order valence-electron chi connectivity index (χ3n) is 4.87. The second kappa shape index (κ2) is 5.05. The summed E-state index contributed by atoms with van der Waals surface area (Å²) < 4.78 is 2.41. The van der Waals surface area contributed by atoms with E-state index in [4.69, 9.17) is 16.6 Å². The largest absolute Gasteiger partial charge is 0.327 e. The zero-order valence-electron chi connectivity index (χ0n) is 11.7. The van der Waals surface area contributed by atoms with Crippen molar-refractivity contribution in [3.63, 3.8) is 0 Å². The zero-order chi connectivity index (χ0) is 13.5. The maximum absolute atomic E-state index is 5.92. The Morgan fingerprint density at radius 1 is 1.20 bits per heavy atom. The summed E-state index contributed by atoms with van der Waals surface area (Å²) in [4.78, 5) is 7.50. The van der Waals surface area contributed by atoms with Crippen LogP contribution in [-0.4, -0.2) is 33.6 Å². The van der Waals surface area contributed by atoms with Crippen LogP contribution in [0.3, 0.4) is 0 Å². The fourth-order valence-corrected chi connectivity index (χ4v) is 3.62. The summed E-state index contributed by atoms with van der Waals surface area (Å²) in [5.41, 5.74) is 3.53. The van der Waals surface area contributed by atoms with E-state index >= 15 is 0 Å². The molecule has 2 heterocycles. The first-order valence-corrected chi connectivity index (χ1v) is 8.16. The molecule has 0 saturated heterocycles. The Morgan fingerprint density at radius 3 is 2.85 bits per heavy atom. The molecule has 0 radical (unpaired) electrons. The number of hydrogen-bond donors (Lipinski definition) is 0. The van der Waals surface area contributed by atoms with E-state index in [2.05, 4.69) is 27.7 Å². The normalized spacial score (nSPS) is 20.6. The minimum absolute atomic E-state index is 0.563. The average molecular weight is 290 g/mol. The van der Waals surface area contributed by atoms with E-state index in [0.717, 1.165) is 36.6 Å². The van der Waals surface area contributed by atoms with E-state index in [0.29, 0.717) is 5.88 Å². The number of fused-ring (bicyclic) bond motifs is 3. The zero-order valence-corrected chi connectivity index (χ0v) is 12.4. The highest BCUT2D eigenvalue weighted by Gasteiger charge is 2.27. The van der Waals surface area contributed by atoms with Gasteiger partial charge in [0.05, 0.1) is 11.0 Å². The summed E-state index contributed by atoms with van der Waals surface area (Å²) in [6, 6.07) is 7.28. The van der Waals surface area contributed by atoms with Gasteiger partial charge < -0.3 is 4.57 Å². The van der Waals surface area contributed by atoms with Crippen LogP contribution >= 0.6 is 11.6 Å². The molecule has 0 amide bonds. The predicted octanol–water partition coefficient (Wildman–Crippen LogP) is 3.19. The molecular weight excluding hydrogens is 270 g/mol. The van der Waals surface area contributed by atoms with Gasteiger partial charge in [-0.15, -0.1) is 11.6 Å². The van der Waals surface area contributed by atoms with Gasteiger partial charge in [-0.05, 0) is 30.5 Å². The van der Waals surface area contributed by atoms with Gasteiger partial charge in [0.1, 0.15) is 5.82 Å². The van der Waals surface area contributed by atoms with Gasteiger partial charge in [0.25, 0.3) is 0 Å². The number of benzene rings is 1. The van der Waals surface area contributed by atoms with Gasteiger partial charge >= 0.3 is 0 Å². The average Bonchev–Trinajstić information content (AvgIpc) is 2.64. The second-order valence-corrected chi connectivity index (χ2v) is 6.27. The van der Waals surface area contributed by atoms with Crippen LogP contribution in [0.4, 0.5) is 0 Å². The lowest BCUT2D eigenvalue weighted by Crippen LogP contribution is -2.41. The molecular formula is C16H20ClN3. The Morgan fingerprint density at radius 2 is 2.10 bits per heavy atom. The summed E-state index contributed by atoms with van der Waals surface area (Å²) in [5.74, 6) is 1.81. The van der Waals surface area contributed by atoms with Gasteiger partial charge in [-0.2, -0.15) is 0 Å². The standard InChI is InChI=1S/C16H20ClN3/c17-11-12-4-5-15-14(10-12)18-16-6-7-19(8-9-20(15)16)13-2-1-3-13/h4-5,10,13H,1-3,6-9,11H2. The molecule has 1 aromatic carbocycles. The van der Waals surface area contributed by atoms with Crippen molar-refractivity contribution in [2.75, 3.05) is 13.1 Å². The molecule has 4 rings (SSSR count). The first-order chi connectivity index (χ1) is 9.85. The highest BCUT2D eigenvalue weighted by atomic mass is 35.5. The topological polar surface area (TPSA) is 21.1 Å². The fraction of sp³-hybridized carbons (Fsp3) is 0.562. The minimum atomic E-state index is 0.563. The van der Waals surface area contributed by atoms with Crippen molar-refractivity contribution in [1.29, 1.82) is 0 Å². The van der Waals surface area contributed by atoms with Crippen LogP contribution in [-0.2, 0) is 18.8 Å². The van der Waals surface area contributed by atoms with Crippen molar-refractivity contribution >= 4 is 22.6 Å². The molecule has 0 N–H and O–H groups in total. The molecule has 1 aromatic heterocycles. The van der Waals surface area contributed by atoms with Crippen molar-refractivity contribution in [1.82, 2.24) is 14.5 Å². The summed E-state index contributed by atoms with van der Waals surface area (Å²) in [6.45, 7) is 3.40. The first-order valence-electron chi connectivity index (χ1n) is 7.63.